The molecule has 1 saturated carbocycles. The number of likely N-dealkylation sites (tertiary alicyclic amines) is 1. The van der Waals surface area contributed by atoms with Crippen LogP contribution in [0.1, 0.15) is 51.4 Å². The van der Waals surface area contributed by atoms with E-state index < -0.39 is 0 Å². The van der Waals surface area contributed by atoms with Gasteiger partial charge in [-0.3, -0.25) is 19.7 Å². The second-order valence-corrected chi connectivity index (χ2v) is 8.96. The van der Waals surface area contributed by atoms with Crippen molar-refractivity contribution in [2.24, 2.45) is 11.8 Å². The summed E-state index contributed by atoms with van der Waals surface area (Å²) in [6, 6.07) is 7.00. The summed E-state index contributed by atoms with van der Waals surface area (Å²) >= 11 is 0. The van der Waals surface area contributed by atoms with Gasteiger partial charge in [0.25, 0.3) is 11.6 Å². The maximum atomic E-state index is 12.8. The lowest BCUT2D eigenvalue weighted by molar-refractivity contribution is -0.384. The molecule has 168 valence electrons. The average molecular weight is 430 g/mol. The van der Waals surface area contributed by atoms with Crippen LogP contribution in [0.5, 0.6) is 0 Å². The highest BCUT2D eigenvalue weighted by Gasteiger charge is 2.36. The molecule has 8 heteroatoms. The van der Waals surface area contributed by atoms with E-state index in [1.54, 1.807) is 18.2 Å². The molecule has 4 rings (SSSR count). The third-order valence-corrected chi connectivity index (χ3v) is 7.15. The minimum atomic E-state index is -0.376. The summed E-state index contributed by atoms with van der Waals surface area (Å²) in [6.45, 7) is 1.70. The highest BCUT2D eigenvalue weighted by atomic mass is 16.6. The Morgan fingerprint density at radius 3 is 2.48 bits per heavy atom. The monoisotopic (exact) mass is 429 g/mol. The zero-order chi connectivity index (χ0) is 21.8. The lowest BCUT2D eigenvalue weighted by Gasteiger charge is -2.44. The van der Waals surface area contributed by atoms with Crippen molar-refractivity contribution in [1.82, 2.24) is 4.90 Å². The van der Waals surface area contributed by atoms with Crippen molar-refractivity contribution in [3.05, 3.63) is 34.4 Å². The van der Waals surface area contributed by atoms with E-state index in [4.69, 9.17) is 4.74 Å². The zero-order valence-electron chi connectivity index (χ0n) is 17.9. The smallest absolute Gasteiger partial charge is 0.309 e. The first-order valence-corrected chi connectivity index (χ1v) is 11.5. The molecule has 0 aromatic heterocycles. The van der Waals surface area contributed by atoms with Crippen molar-refractivity contribution >= 4 is 23.3 Å². The van der Waals surface area contributed by atoms with Gasteiger partial charge in [-0.15, -0.1) is 0 Å². The van der Waals surface area contributed by atoms with E-state index >= 15 is 0 Å². The number of anilines is 1. The molecule has 2 atom stereocenters. The molecule has 2 saturated heterocycles. The van der Waals surface area contributed by atoms with Crippen LogP contribution in [0.3, 0.4) is 0 Å². The molecule has 0 bridgehead atoms. The largest absolute Gasteiger partial charge is 0.455 e. The third kappa shape index (κ3) is 4.83. The predicted octanol–water partition coefficient (Wildman–Crippen LogP) is 3.54. The highest BCUT2D eigenvalue weighted by molar-refractivity contribution is 5.82. The van der Waals surface area contributed by atoms with E-state index in [-0.39, 0.29) is 35.0 Å². The first-order valence-electron chi connectivity index (χ1n) is 11.5. The number of amides is 1. The molecule has 1 aliphatic carbocycles. The first kappa shape index (κ1) is 21.6. The highest BCUT2D eigenvalue weighted by Crippen LogP contribution is 2.35. The summed E-state index contributed by atoms with van der Waals surface area (Å²) in [5.74, 6) is -0.0563. The molecular weight excluding hydrogens is 398 g/mol. The summed E-state index contributed by atoms with van der Waals surface area (Å²) in [5.41, 5.74) is 0.665. The summed E-state index contributed by atoms with van der Waals surface area (Å²) in [4.78, 5) is 40.1. The van der Waals surface area contributed by atoms with E-state index in [9.17, 15) is 19.7 Å². The number of benzene rings is 1. The van der Waals surface area contributed by atoms with Crippen LogP contribution < -0.4 is 4.90 Å². The number of nitro benzene ring substituents is 1. The van der Waals surface area contributed by atoms with Crippen LogP contribution in [0.15, 0.2) is 24.3 Å². The van der Waals surface area contributed by atoms with Crippen molar-refractivity contribution in [1.29, 1.82) is 0 Å². The van der Waals surface area contributed by atoms with Crippen molar-refractivity contribution in [3.63, 3.8) is 0 Å². The molecule has 0 N–H and O–H groups in total. The number of fused-ring (bicyclic) bond motifs is 1. The molecule has 2 heterocycles. The normalized spacial score (nSPS) is 24.4. The van der Waals surface area contributed by atoms with E-state index in [2.05, 4.69) is 0 Å². The van der Waals surface area contributed by atoms with Crippen LogP contribution in [0.25, 0.3) is 0 Å². The Balaban J connectivity index is 1.27. The lowest BCUT2D eigenvalue weighted by Crippen LogP contribution is -2.51. The van der Waals surface area contributed by atoms with Crippen LogP contribution >= 0.6 is 0 Å². The van der Waals surface area contributed by atoms with Crippen LogP contribution in [-0.4, -0.2) is 54.0 Å². The number of hydrogen-bond acceptors (Lipinski definition) is 6. The second-order valence-electron chi connectivity index (χ2n) is 8.96. The van der Waals surface area contributed by atoms with E-state index in [1.807, 2.05) is 9.80 Å². The maximum absolute atomic E-state index is 12.8. The fourth-order valence-electron chi connectivity index (χ4n) is 5.51. The molecule has 3 fully saturated rings. The molecule has 1 aromatic rings. The number of piperidine rings is 2. The fourth-order valence-corrected chi connectivity index (χ4v) is 5.51. The van der Waals surface area contributed by atoms with Gasteiger partial charge in [0, 0.05) is 31.7 Å². The van der Waals surface area contributed by atoms with Crippen molar-refractivity contribution in [3.8, 4) is 0 Å². The number of nitro groups is 1. The molecule has 0 radical (unpaired) electrons. The van der Waals surface area contributed by atoms with Crippen molar-refractivity contribution in [2.45, 2.75) is 57.4 Å². The molecule has 2 aliphatic heterocycles. The van der Waals surface area contributed by atoms with Gasteiger partial charge in [-0.25, -0.2) is 0 Å². The standard InChI is InChI=1S/C23H31N3O5/c27-22(25-13-5-7-17-6-1-2-8-19(17)25)16-31-23(28)18-11-14-24(15-12-18)20-9-3-4-10-21(20)26(29)30/h3-4,9-10,17-19H,1-2,5-8,11-16H2/t17-,19-/m0/s1. The molecule has 0 unspecified atom stereocenters. The van der Waals surface area contributed by atoms with E-state index in [0.29, 0.717) is 43.6 Å². The van der Waals surface area contributed by atoms with Gasteiger partial charge in [0.05, 0.1) is 10.8 Å². The zero-order valence-corrected chi connectivity index (χ0v) is 17.9. The Kier molecular flexibility index (Phi) is 6.73. The van der Waals surface area contributed by atoms with Gasteiger partial charge in [-0.05, 0) is 50.5 Å². The number of hydrogen-bond donors (Lipinski definition) is 0. The van der Waals surface area contributed by atoms with Gasteiger partial charge in [-0.2, -0.15) is 0 Å². The Hall–Kier alpha value is -2.64. The van der Waals surface area contributed by atoms with Crippen LogP contribution in [-0.2, 0) is 14.3 Å². The number of rotatable bonds is 5. The van der Waals surface area contributed by atoms with Gasteiger partial charge in [0.15, 0.2) is 6.61 Å². The number of ether oxygens (including phenoxy) is 1. The molecule has 8 nitrogen and oxygen atoms in total. The number of carbonyl (C=O) groups excluding carboxylic acids is 2. The number of para-hydroxylation sites is 2. The van der Waals surface area contributed by atoms with Gasteiger partial charge < -0.3 is 14.5 Å². The molecule has 1 amide bonds. The summed E-state index contributed by atoms with van der Waals surface area (Å²) in [6.07, 6.45) is 8.05. The SMILES string of the molecule is O=C(OCC(=O)N1CCC[C@@H]2CCCC[C@@H]21)C1CCN(c2ccccc2[N+](=O)[O-])CC1. The van der Waals surface area contributed by atoms with Crippen molar-refractivity contribution in [2.75, 3.05) is 31.1 Å². The topological polar surface area (TPSA) is 93.0 Å². The van der Waals surface area contributed by atoms with Gasteiger partial charge in [-0.1, -0.05) is 25.0 Å². The van der Waals surface area contributed by atoms with Crippen LogP contribution in [0, 0.1) is 22.0 Å². The van der Waals surface area contributed by atoms with Gasteiger partial charge in [0.2, 0.25) is 0 Å². The second kappa shape index (κ2) is 9.66. The summed E-state index contributed by atoms with van der Waals surface area (Å²) < 4.78 is 5.42. The molecular formula is C23H31N3O5. The summed E-state index contributed by atoms with van der Waals surface area (Å²) in [5, 5.41) is 11.3. The fraction of sp³-hybridized carbons (Fsp3) is 0.652. The number of nitrogens with zero attached hydrogens (tertiary/aromatic N) is 3. The van der Waals surface area contributed by atoms with Gasteiger partial charge >= 0.3 is 5.97 Å². The predicted molar refractivity (Wildman–Crippen MR) is 116 cm³/mol. The molecule has 0 spiro atoms. The summed E-state index contributed by atoms with van der Waals surface area (Å²) in [7, 11) is 0. The Morgan fingerprint density at radius 1 is 1.00 bits per heavy atom. The van der Waals surface area contributed by atoms with Crippen LogP contribution in [0.2, 0.25) is 0 Å². The maximum Gasteiger partial charge on any atom is 0.309 e. The van der Waals surface area contributed by atoms with Gasteiger partial charge in [0.1, 0.15) is 5.69 Å². The van der Waals surface area contributed by atoms with E-state index in [1.165, 1.54) is 31.7 Å². The third-order valence-electron chi connectivity index (χ3n) is 7.15. The minimum Gasteiger partial charge on any atom is -0.455 e. The Labute approximate surface area is 182 Å². The Morgan fingerprint density at radius 2 is 1.71 bits per heavy atom. The molecule has 3 aliphatic rings. The number of carbonyl (C=O) groups is 2. The number of esters is 1. The minimum absolute atomic E-state index is 0.0673. The quantitative estimate of drug-likeness (QED) is 0.404. The first-order chi connectivity index (χ1) is 15.0. The molecule has 1 aromatic carbocycles. The van der Waals surface area contributed by atoms with E-state index in [0.717, 1.165) is 19.4 Å². The lowest BCUT2D eigenvalue weighted by atomic mass is 9.78. The Bertz CT molecular complexity index is 819. The van der Waals surface area contributed by atoms with Crippen LogP contribution in [0.4, 0.5) is 11.4 Å². The van der Waals surface area contributed by atoms with Crippen molar-refractivity contribution < 1.29 is 19.2 Å². The molecule has 31 heavy (non-hydrogen) atoms. The average Bonchev–Trinajstić information content (AvgIpc) is 2.82.